The number of quaternary nitrogens is 1. The van der Waals surface area contributed by atoms with Gasteiger partial charge in [0.05, 0.1) is 6.54 Å². The number of hydrogen-bond donors (Lipinski definition) is 3. The molecule has 0 aromatic heterocycles. The first kappa shape index (κ1) is 19.9. The average Bonchev–Trinajstić information content (AvgIpc) is 2.75. The first-order valence-electron chi connectivity index (χ1n) is 10.2. The molecule has 5 nitrogen and oxygen atoms in total. The molecule has 1 atom stereocenters. The van der Waals surface area contributed by atoms with Crippen LogP contribution in [-0.2, 0) is 24.3 Å². The van der Waals surface area contributed by atoms with E-state index in [-0.39, 0.29) is 11.8 Å². The number of hydrogen-bond acceptors (Lipinski definition) is 2. The van der Waals surface area contributed by atoms with Gasteiger partial charge in [-0.3, -0.25) is 9.59 Å². The largest absolute Gasteiger partial charge is 0.327 e. The Labute approximate surface area is 176 Å². The van der Waals surface area contributed by atoms with Crippen molar-refractivity contribution in [1.29, 1.82) is 0 Å². The van der Waals surface area contributed by atoms with E-state index in [0.29, 0.717) is 16.9 Å². The van der Waals surface area contributed by atoms with E-state index < -0.39 is 0 Å². The van der Waals surface area contributed by atoms with Crippen molar-refractivity contribution in [2.24, 2.45) is 0 Å². The van der Waals surface area contributed by atoms with E-state index in [2.05, 4.69) is 34.9 Å². The van der Waals surface area contributed by atoms with E-state index in [0.717, 1.165) is 26.1 Å². The van der Waals surface area contributed by atoms with Gasteiger partial charge in [-0.2, -0.15) is 0 Å². The number of fused-ring (bicyclic) bond motifs is 1. The van der Waals surface area contributed by atoms with Gasteiger partial charge >= 0.3 is 0 Å². The third-order valence-electron chi connectivity index (χ3n) is 5.44. The molecule has 3 aromatic rings. The van der Waals surface area contributed by atoms with Crippen molar-refractivity contribution in [3.05, 3.63) is 95.1 Å². The SMILES string of the molecule is CC(=O)Nc1ccc(NC(=O)c2ccc(C[NH+]3CCc4ccccc4C3)cc2)cc1. The Morgan fingerprint density at radius 3 is 2.13 bits per heavy atom. The predicted octanol–water partition coefficient (Wildman–Crippen LogP) is 3.04. The van der Waals surface area contributed by atoms with Gasteiger partial charge in [-0.1, -0.05) is 36.4 Å². The van der Waals surface area contributed by atoms with Crippen molar-refractivity contribution in [1.82, 2.24) is 0 Å². The minimum Gasteiger partial charge on any atom is -0.327 e. The average molecular weight is 401 g/mol. The van der Waals surface area contributed by atoms with Crippen LogP contribution >= 0.6 is 0 Å². The van der Waals surface area contributed by atoms with Crippen LogP contribution in [0.3, 0.4) is 0 Å². The minimum absolute atomic E-state index is 0.123. The standard InChI is InChI=1S/C25H25N3O2/c1-18(29)26-23-10-12-24(13-11-23)27-25(30)21-8-6-19(7-9-21)16-28-15-14-20-4-2-3-5-22(20)17-28/h2-13H,14-17H2,1H3,(H,26,29)(H,27,30)/p+1. The lowest BCUT2D eigenvalue weighted by Crippen LogP contribution is -3.10. The Balaban J connectivity index is 1.34. The monoisotopic (exact) mass is 400 g/mol. The molecule has 0 aliphatic carbocycles. The summed E-state index contributed by atoms with van der Waals surface area (Å²) in [5.41, 5.74) is 6.17. The van der Waals surface area contributed by atoms with Gasteiger partial charge in [-0.15, -0.1) is 0 Å². The zero-order valence-corrected chi connectivity index (χ0v) is 17.1. The number of carbonyl (C=O) groups excluding carboxylic acids is 2. The molecule has 1 aliphatic heterocycles. The molecule has 30 heavy (non-hydrogen) atoms. The van der Waals surface area contributed by atoms with Crippen LogP contribution in [-0.4, -0.2) is 18.4 Å². The number of carbonyl (C=O) groups is 2. The summed E-state index contributed by atoms with van der Waals surface area (Å²) in [7, 11) is 0. The van der Waals surface area contributed by atoms with Crippen LogP contribution < -0.4 is 15.5 Å². The summed E-state index contributed by atoms with van der Waals surface area (Å²) < 4.78 is 0. The Hall–Kier alpha value is -3.44. The fraction of sp³-hybridized carbons (Fsp3) is 0.200. The summed E-state index contributed by atoms with van der Waals surface area (Å²) in [6.07, 6.45) is 1.12. The second-order valence-corrected chi connectivity index (χ2v) is 7.78. The lowest BCUT2D eigenvalue weighted by molar-refractivity contribution is -0.929. The number of anilines is 2. The highest BCUT2D eigenvalue weighted by Gasteiger charge is 2.19. The number of benzene rings is 3. The van der Waals surface area contributed by atoms with Crippen molar-refractivity contribution in [3.8, 4) is 0 Å². The van der Waals surface area contributed by atoms with Gasteiger partial charge in [0.2, 0.25) is 5.91 Å². The molecular formula is C25H26N3O2+. The molecule has 2 amide bonds. The molecule has 0 spiro atoms. The summed E-state index contributed by atoms with van der Waals surface area (Å²) in [5, 5.41) is 5.60. The fourth-order valence-electron chi connectivity index (χ4n) is 3.90. The maximum absolute atomic E-state index is 12.5. The molecule has 5 heteroatoms. The highest BCUT2D eigenvalue weighted by molar-refractivity contribution is 6.04. The molecule has 0 fully saturated rings. The fourth-order valence-corrected chi connectivity index (χ4v) is 3.90. The zero-order chi connectivity index (χ0) is 20.9. The predicted molar refractivity (Wildman–Crippen MR) is 119 cm³/mol. The van der Waals surface area contributed by atoms with Crippen molar-refractivity contribution in [2.45, 2.75) is 26.4 Å². The molecular weight excluding hydrogens is 374 g/mol. The number of amides is 2. The minimum atomic E-state index is -0.145. The van der Waals surface area contributed by atoms with Gasteiger partial charge in [-0.25, -0.2) is 0 Å². The summed E-state index contributed by atoms with van der Waals surface area (Å²) in [6, 6.07) is 23.6. The van der Waals surface area contributed by atoms with Gasteiger partial charge in [-0.05, 0) is 42.0 Å². The summed E-state index contributed by atoms with van der Waals surface area (Å²) in [4.78, 5) is 25.2. The Morgan fingerprint density at radius 2 is 1.47 bits per heavy atom. The zero-order valence-electron chi connectivity index (χ0n) is 17.1. The van der Waals surface area contributed by atoms with Crippen molar-refractivity contribution in [3.63, 3.8) is 0 Å². The quantitative estimate of drug-likeness (QED) is 0.617. The summed E-state index contributed by atoms with van der Waals surface area (Å²) in [6.45, 7) is 4.60. The van der Waals surface area contributed by atoms with Crippen LogP contribution in [0.15, 0.2) is 72.8 Å². The molecule has 1 heterocycles. The van der Waals surface area contributed by atoms with Crippen LogP contribution in [0.5, 0.6) is 0 Å². The van der Waals surface area contributed by atoms with E-state index >= 15 is 0 Å². The maximum Gasteiger partial charge on any atom is 0.255 e. The molecule has 4 rings (SSSR count). The van der Waals surface area contributed by atoms with Crippen LogP contribution in [0.1, 0.15) is 34.0 Å². The molecule has 1 aliphatic rings. The molecule has 0 bridgehead atoms. The lowest BCUT2D eigenvalue weighted by Gasteiger charge is -2.26. The Kier molecular flexibility index (Phi) is 5.91. The topological polar surface area (TPSA) is 62.6 Å². The molecule has 0 saturated heterocycles. The van der Waals surface area contributed by atoms with Crippen LogP contribution in [0, 0.1) is 0 Å². The molecule has 0 radical (unpaired) electrons. The number of nitrogens with one attached hydrogen (secondary N) is 3. The van der Waals surface area contributed by atoms with Gasteiger partial charge in [0.25, 0.3) is 5.91 Å². The maximum atomic E-state index is 12.5. The van der Waals surface area contributed by atoms with Crippen molar-refractivity contribution in [2.75, 3.05) is 17.2 Å². The van der Waals surface area contributed by atoms with Gasteiger partial charge in [0.15, 0.2) is 0 Å². The molecule has 1 unspecified atom stereocenters. The third kappa shape index (κ3) is 4.93. The summed E-state index contributed by atoms with van der Waals surface area (Å²) in [5.74, 6) is -0.268. The molecule has 3 N–H and O–H groups in total. The normalized spacial score (nSPS) is 15.2. The second-order valence-electron chi connectivity index (χ2n) is 7.78. The van der Waals surface area contributed by atoms with Gasteiger partial charge in [0, 0.05) is 41.4 Å². The van der Waals surface area contributed by atoms with Gasteiger partial charge in [0.1, 0.15) is 13.1 Å². The Morgan fingerprint density at radius 1 is 0.833 bits per heavy atom. The number of rotatable bonds is 5. The van der Waals surface area contributed by atoms with Crippen LogP contribution in [0.2, 0.25) is 0 Å². The van der Waals surface area contributed by atoms with Gasteiger partial charge < -0.3 is 15.5 Å². The second kappa shape index (κ2) is 8.93. The van der Waals surface area contributed by atoms with E-state index in [1.165, 1.54) is 23.6 Å². The van der Waals surface area contributed by atoms with Crippen molar-refractivity contribution < 1.29 is 14.5 Å². The van der Waals surface area contributed by atoms with E-state index in [1.807, 2.05) is 24.3 Å². The first-order valence-corrected chi connectivity index (χ1v) is 10.2. The van der Waals surface area contributed by atoms with E-state index in [4.69, 9.17) is 0 Å². The first-order chi connectivity index (χ1) is 14.6. The molecule has 152 valence electrons. The molecule has 0 saturated carbocycles. The lowest BCUT2D eigenvalue weighted by atomic mass is 9.99. The van der Waals surface area contributed by atoms with E-state index in [1.54, 1.807) is 29.2 Å². The third-order valence-corrected chi connectivity index (χ3v) is 5.44. The Bertz CT molecular complexity index is 1040. The molecule has 3 aromatic carbocycles. The summed E-state index contributed by atoms with van der Waals surface area (Å²) >= 11 is 0. The van der Waals surface area contributed by atoms with Crippen molar-refractivity contribution >= 4 is 23.2 Å². The highest BCUT2D eigenvalue weighted by Crippen LogP contribution is 2.15. The van der Waals surface area contributed by atoms with E-state index in [9.17, 15) is 9.59 Å². The van der Waals surface area contributed by atoms with Crippen LogP contribution in [0.4, 0.5) is 11.4 Å². The van der Waals surface area contributed by atoms with Crippen LogP contribution in [0.25, 0.3) is 0 Å². The smallest absolute Gasteiger partial charge is 0.255 e. The highest BCUT2D eigenvalue weighted by atomic mass is 16.2.